The Bertz CT molecular complexity index is 685. The van der Waals surface area contributed by atoms with E-state index in [9.17, 15) is 21.6 Å². The van der Waals surface area contributed by atoms with Gasteiger partial charge in [-0.15, -0.1) is 0 Å². The van der Waals surface area contributed by atoms with Gasteiger partial charge in [0.1, 0.15) is 5.82 Å². The molecule has 3 rings (SSSR count). The third-order valence-corrected chi connectivity index (χ3v) is 5.28. The number of aromatic nitrogens is 1. The summed E-state index contributed by atoms with van der Waals surface area (Å²) >= 11 is 0. The summed E-state index contributed by atoms with van der Waals surface area (Å²) in [5.74, 6) is 0.00978. The van der Waals surface area contributed by atoms with Gasteiger partial charge >= 0.3 is 15.6 Å². The Labute approximate surface area is 132 Å². The Hall–Kier alpha value is -1.51. The van der Waals surface area contributed by atoms with Gasteiger partial charge in [0.25, 0.3) is 0 Å². The van der Waals surface area contributed by atoms with E-state index in [4.69, 9.17) is 0 Å². The minimum absolute atomic E-state index is 0.312. The number of anilines is 1. The largest absolute Gasteiger partial charge is 0.534 e. The topological polar surface area (TPSA) is 59.5 Å². The van der Waals surface area contributed by atoms with Crippen LogP contribution < -0.4 is 9.08 Å². The van der Waals surface area contributed by atoms with Gasteiger partial charge in [0.05, 0.1) is 0 Å². The summed E-state index contributed by atoms with van der Waals surface area (Å²) in [6.45, 7) is 0.752. The van der Waals surface area contributed by atoms with E-state index in [1.165, 1.54) is 12.5 Å². The third-order valence-electron chi connectivity index (χ3n) is 4.32. The van der Waals surface area contributed by atoms with E-state index in [1.807, 2.05) is 0 Å². The minimum atomic E-state index is -5.69. The lowest BCUT2D eigenvalue weighted by molar-refractivity contribution is -0.0501. The fourth-order valence-electron chi connectivity index (χ4n) is 3.20. The van der Waals surface area contributed by atoms with Crippen LogP contribution in [0.5, 0.6) is 5.88 Å². The first-order valence-electron chi connectivity index (χ1n) is 7.55. The zero-order valence-electron chi connectivity index (χ0n) is 12.3. The van der Waals surface area contributed by atoms with Crippen LogP contribution >= 0.6 is 0 Å². The molecule has 0 spiro atoms. The maximum atomic E-state index is 12.4. The fraction of sp³-hybridized carbons (Fsp3) is 0.643. The Morgan fingerprint density at radius 1 is 1.17 bits per heavy atom. The van der Waals surface area contributed by atoms with E-state index >= 15 is 0 Å². The first-order valence-corrected chi connectivity index (χ1v) is 8.96. The lowest BCUT2D eigenvalue weighted by atomic mass is 9.94. The molecule has 0 radical (unpaired) electrons. The lowest BCUT2D eigenvalue weighted by Gasteiger charge is -2.32. The first-order chi connectivity index (χ1) is 10.8. The number of halogens is 3. The van der Waals surface area contributed by atoms with Crippen LogP contribution in [0.4, 0.5) is 19.0 Å². The summed E-state index contributed by atoms with van der Waals surface area (Å²) in [7, 11) is -5.69. The smallest absolute Gasteiger partial charge is 0.355 e. The van der Waals surface area contributed by atoms with Gasteiger partial charge < -0.3 is 9.08 Å². The summed E-state index contributed by atoms with van der Waals surface area (Å²) < 4.78 is 63.6. The van der Waals surface area contributed by atoms with Crippen molar-refractivity contribution in [2.45, 2.75) is 50.1 Å². The molecule has 2 aliphatic rings. The number of hydrogen-bond acceptors (Lipinski definition) is 5. The van der Waals surface area contributed by atoms with Crippen LogP contribution in [0.2, 0.25) is 0 Å². The van der Waals surface area contributed by atoms with Crippen LogP contribution in [0, 0.1) is 0 Å². The zero-order valence-corrected chi connectivity index (χ0v) is 13.2. The van der Waals surface area contributed by atoms with Crippen molar-refractivity contribution in [3.63, 3.8) is 0 Å². The Morgan fingerprint density at radius 2 is 1.87 bits per heavy atom. The molecular formula is C14H17F3N2O3S. The van der Waals surface area contributed by atoms with Gasteiger partial charge in [-0.3, -0.25) is 0 Å². The van der Waals surface area contributed by atoms with E-state index in [2.05, 4.69) is 14.1 Å². The molecule has 1 aliphatic heterocycles. The van der Waals surface area contributed by atoms with Gasteiger partial charge in [0.2, 0.25) is 5.88 Å². The van der Waals surface area contributed by atoms with Crippen molar-refractivity contribution in [2.24, 2.45) is 0 Å². The van der Waals surface area contributed by atoms with E-state index < -0.39 is 21.5 Å². The van der Waals surface area contributed by atoms with Crippen molar-refractivity contribution in [1.29, 1.82) is 0 Å². The van der Waals surface area contributed by atoms with Crippen molar-refractivity contribution >= 4 is 15.9 Å². The van der Waals surface area contributed by atoms with Crippen molar-refractivity contribution in [2.75, 3.05) is 11.4 Å². The number of rotatable bonds is 3. The van der Waals surface area contributed by atoms with Crippen LogP contribution in [-0.4, -0.2) is 31.5 Å². The molecule has 0 amide bonds. The summed E-state index contributed by atoms with van der Waals surface area (Å²) in [4.78, 5) is 6.10. The molecule has 1 saturated carbocycles. The van der Waals surface area contributed by atoms with E-state index in [-0.39, 0.29) is 0 Å². The van der Waals surface area contributed by atoms with Gasteiger partial charge in [-0.25, -0.2) is 0 Å². The highest BCUT2D eigenvalue weighted by Gasteiger charge is 2.49. The highest BCUT2D eigenvalue weighted by Crippen LogP contribution is 2.35. The molecular weight excluding hydrogens is 333 g/mol. The normalized spacial score (nSPS) is 19.7. The predicted octanol–water partition coefficient (Wildman–Crippen LogP) is 3.01. The number of alkyl halides is 3. The molecule has 128 valence electrons. The number of pyridine rings is 1. The summed E-state index contributed by atoms with van der Waals surface area (Å²) in [5, 5.41) is 0. The molecule has 2 heterocycles. The number of hydrogen-bond donors (Lipinski definition) is 0. The molecule has 1 aromatic rings. The highest BCUT2D eigenvalue weighted by molar-refractivity contribution is 7.87. The highest BCUT2D eigenvalue weighted by atomic mass is 32.2. The molecule has 1 aromatic heterocycles. The SMILES string of the molecule is O=S(=O)(Oc1ccc2c(n1)N(C1CCCCC1)CC2)C(F)(F)F. The van der Waals surface area contributed by atoms with Gasteiger partial charge in [0.15, 0.2) is 0 Å². The number of fused-ring (bicyclic) bond motifs is 1. The molecule has 9 heteroatoms. The van der Waals surface area contributed by atoms with Crippen molar-refractivity contribution in [1.82, 2.24) is 4.98 Å². The average molecular weight is 350 g/mol. The van der Waals surface area contributed by atoms with Gasteiger partial charge in [-0.1, -0.05) is 19.3 Å². The van der Waals surface area contributed by atoms with Crippen LogP contribution in [0.15, 0.2) is 12.1 Å². The summed E-state index contributed by atoms with van der Waals surface area (Å²) in [6.07, 6.45) is 6.23. The lowest BCUT2D eigenvalue weighted by Crippen LogP contribution is -2.36. The maximum Gasteiger partial charge on any atom is 0.534 e. The van der Waals surface area contributed by atoms with Crippen LogP contribution in [0.3, 0.4) is 0 Å². The summed E-state index contributed by atoms with van der Waals surface area (Å²) in [6, 6.07) is 3.07. The molecule has 0 aromatic carbocycles. The quantitative estimate of drug-likeness (QED) is 0.619. The van der Waals surface area contributed by atoms with Gasteiger partial charge in [0, 0.05) is 18.7 Å². The predicted molar refractivity (Wildman–Crippen MR) is 77.8 cm³/mol. The average Bonchev–Trinajstić information content (AvgIpc) is 2.89. The van der Waals surface area contributed by atoms with Crippen molar-refractivity contribution in [3.8, 4) is 5.88 Å². The Balaban J connectivity index is 1.84. The minimum Gasteiger partial charge on any atom is -0.355 e. The van der Waals surface area contributed by atoms with E-state index in [0.717, 1.165) is 44.2 Å². The second-order valence-electron chi connectivity index (χ2n) is 5.85. The van der Waals surface area contributed by atoms with E-state index in [0.29, 0.717) is 11.9 Å². The second kappa shape index (κ2) is 5.85. The van der Waals surface area contributed by atoms with Crippen LogP contribution in [-0.2, 0) is 16.5 Å². The summed E-state index contributed by atoms with van der Waals surface area (Å²) in [5.41, 5.74) is -4.55. The van der Waals surface area contributed by atoms with Crippen molar-refractivity contribution < 1.29 is 25.8 Å². The van der Waals surface area contributed by atoms with Crippen LogP contribution in [0.25, 0.3) is 0 Å². The monoisotopic (exact) mass is 350 g/mol. The third kappa shape index (κ3) is 3.24. The molecule has 0 atom stereocenters. The molecule has 0 N–H and O–H groups in total. The van der Waals surface area contributed by atoms with Crippen LogP contribution in [0.1, 0.15) is 37.7 Å². The zero-order chi connectivity index (χ0) is 16.7. The number of nitrogens with zero attached hydrogens (tertiary/aromatic N) is 2. The molecule has 0 saturated heterocycles. The second-order valence-corrected chi connectivity index (χ2v) is 7.39. The molecule has 5 nitrogen and oxygen atoms in total. The first kappa shape index (κ1) is 16.4. The fourth-order valence-corrected chi connectivity index (χ4v) is 3.62. The molecule has 23 heavy (non-hydrogen) atoms. The van der Waals surface area contributed by atoms with E-state index in [1.54, 1.807) is 6.07 Å². The molecule has 0 unspecified atom stereocenters. The Kier molecular flexibility index (Phi) is 4.16. The van der Waals surface area contributed by atoms with Crippen molar-refractivity contribution in [3.05, 3.63) is 17.7 Å². The standard InChI is InChI=1S/C14H17F3N2O3S/c15-14(16,17)23(20,21)22-12-7-6-10-8-9-19(13(10)18-12)11-4-2-1-3-5-11/h6-7,11H,1-5,8-9H2. The molecule has 1 fully saturated rings. The van der Waals surface area contributed by atoms with Gasteiger partial charge in [-0.2, -0.15) is 26.6 Å². The Morgan fingerprint density at radius 3 is 2.52 bits per heavy atom. The maximum absolute atomic E-state index is 12.4. The molecule has 0 bridgehead atoms. The van der Waals surface area contributed by atoms with Gasteiger partial charge in [-0.05, 0) is 30.9 Å². The molecule has 1 aliphatic carbocycles.